The van der Waals surface area contributed by atoms with Crippen molar-refractivity contribution in [3.05, 3.63) is 233 Å². The van der Waals surface area contributed by atoms with E-state index in [1.54, 1.807) is 6.20 Å². The zero-order valence-electron chi connectivity index (χ0n) is 38.1. The molecule has 5 heteroatoms. The largest absolute Gasteiger partial charge is 0.378 e. The van der Waals surface area contributed by atoms with Crippen LogP contribution in [0.5, 0.6) is 0 Å². The first-order valence-corrected chi connectivity index (χ1v) is 22.8. The second-order valence-corrected chi connectivity index (χ2v) is 18.9. The van der Waals surface area contributed by atoms with Gasteiger partial charge in [-0.05, 0) is 132 Å². The van der Waals surface area contributed by atoms with Crippen molar-refractivity contribution >= 4 is 0 Å². The van der Waals surface area contributed by atoms with Crippen LogP contribution in [-0.4, -0.2) is 20.1 Å². The van der Waals surface area contributed by atoms with Crippen LogP contribution in [0.25, 0.3) is 33.5 Å². The smallest absolute Gasteiger partial charge is 0.134 e. The zero-order chi connectivity index (χ0) is 44.3. The SMILES string of the molecule is Cc1cc(C2CCC(C)(C)CC2)ccc1-c1cc(-c2[c-]c(CC(O)(c3ccc(-c4ccccc4)cc3)c3ccccn3)ccc2)nc(CC(C)(c2[c-]cccc2)c2ccccn2)c1C.[Ir]. The maximum Gasteiger partial charge on any atom is 0.134 e. The molecule has 65 heavy (non-hydrogen) atoms. The van der Waals surface area contributed by atoms with E-state index in [0.29, 0.717) is 23.4 Å². The topological polar surface area (TPSA) is 58.9 Å². The van der Waals surface area contributed by atoms with Crippen LogP contribution < -0.4 is 0 Å². The summed E-state index contributed by atoms with van der Waals surface area (Å²) in [6.45, 7) is 11.6. The summed E-state index contributed by atoms with van der Waals surface area (Å²) in [5.74, 6) is 0.593. The molecule has 1 fully saturated rings. The van der Waals surface area contributed by atoms with E-state index < -0.39 is 11.0 Å². The standard InChI is InChI=1S/C60H57N3O.Ir/c1-42-37-48(47-31-33-58(3,4)34-32-47)27-30-52(42)53-39-54(63-55(43(53)2)41-59(5,50-21-10-7-11-22-50)56-23-12-14-35-61-56)49-20-16-17-44(38-49)40-60(64,57-24-13-15-36-62-57)51-28-25-46(26-29-51)45-18-8-6-9-19-45;/h6-21,23-30,35-37,39,47,64H,31-34,40-41H2,1-5H3;/q-2;. The van der Waals surface area contributed by atoms with Crippen molar-refractivity contribution in [1.82, 2.24) is 15.0 Å². The Kier molecular flexibility index (Phi) is 13.6. The van der Waals surface area contributed by atoms with E-state index in [1.165, 1.54) is 42.4 Å². The Morgan fingerprint density at radius 1 is 0.677 bits per heavy atom. The number of benzene rings is 5. The van der Waals surface area contributed by atoms with E-state index in [4.69, 9.17) is 15.0 Å². The second kappa shape index (κ2) is 19.3. The molecular formula is C60H57IrN3O-2. The Hall–Kier alpha value is -5.84. The monoisotopic (exact) mass is 1030 g/mol. The van der Waals surface area contributed by atoms with Crippen molar-refractivity contribution in [2.75, 3.05) is 0 Å². The van der Waals surface area contributed by atoms with Gasteiger partial charge in [0.15, 0.2) is 0 Å². The average Bonchev–Trinajstić information content (AvgIpc) is 3.33. The molecule has 0 bridgehead atoms. The first-order chi connectivity index (χ1) is 31.0. The fourth-order valence-corrected chi connectivity index (χ4v) is 9.87. The van der Waals surface area contributed by atoms with Gasteiger partial charge < -0.3 is 10.1 Å². The van der Waals surface area contributed by atoms with E-state index in [2.05, 4.69) is 132 Å². The van der Waals surface area contributed by atoms with Gasteiger partial charge in [-0.15, -0.1) is 41.0 Å². The number of aliphatic hydroxyl groups is 1. The molecule has 1 radical (unpaired) electrons. The molecule has 0 amide bonds. The summed E-state index contributed by atoms with van der Waals surface area (Å²) < 4.78 is 0. The Labute approximate surface area is 399 Å². The fraction of sp³-hybridized carbons (Fsp3) is 0.250. The Balaban J connectivity index is 0.00000576. The van der Waals surface area contributed by atoms with Gasteiger partial charge >= 0.3 is 0 Å². The van der Waals surface area contributed by atoms with Crippen molar-refractivity contribution < 1.29 is 25.2 Å². The van der Waals surface area contributed by atoms with Gasteiger partial charge in [0.1, 0.15) is 5.60 Å². The first-order valence-electron chi connectivity index (χ1n) is 22.8. The quantitative estimate of drug-likeness (QED) is 0.124. The molecule has 9 rings (SSSR count). The van der Waals surface area contributed by atoms with E-state index in [9.17, 15) is 5.11 Å². The van der Waals surface area contributed by atoms with Crippen LogP contribution in [0.4, 0.5) is 0 Å². The van der Waals surface area contributed by atoms with Gasteiger partial charge in [0, 0.05) is 55.7 Å². The average molecular weight is 1030 g/mol. The third kappa shape index (κ3) is 9.75. The zero-order valence-corrected chi connectivity index (χ0v) is 40.5. The number of aromatic nitrogens is 3. The van der Waals surface area contributed by atoms with Crippen LogP contribution in [0, 0.1) is 31.4 Å². The summed E-state index contributed by atoms with van der Waals surface area (Å²) in [5, 5.41) is 12.8. The van der Waals surface area contributed by atoms with Crippen LogP contribution in [0.2, 0.25) is 0 Å². The summed E-state index contributed by atoms with van der Waals surface area (Å²) >= 11 is 0. The first kappa shape index (κ1) is 45.7. The summed E-state index contributed by atoms with van der Waals surface area (Å²) in [4.78, 5) is 15.2. The van der Waals surface area contributed by atoms with E-state index >= 15 is 0 Å². The van der Waals surface area contributed by atoms with E-state index in [0.717, 1.165) is 61.6 Å². The van der Waals surface area contributed by atoms with Crippen molar-refractivity contribution in [2.45, 2.75) is 90.1 Å². The van der Waals surface area contributed by atoms with Crippen LogP contribution >= 0.6 is 0 Å². The predicted octanol–water partition coefficient (Wildman–Crippen LogP) is 13.8. The maximum absolute atomic E-state index is 12.8. The molecule has 329 valence electrons. The summed E-state index contributed by atoms with van der Waals surface area (Å²) in [5.41, 5.74) is 13.9. The summed E-state index contributed by atoms with van der Waals surface area (Å²) in [7, 11) is 0. The van der Waals surface area contributed by atoms with Crippen LogP contribution in [0.3, 0.4) is 0 Å². The Morgan fingerprint density at radius 2 is 1.35 bits per heavy atom. The minimum absolute atomic E-state index is 0. The van der Waals surface area contributed by atoms with Gasteiger partial charge in [-0.1, -0.05) is 112 Å². The van der Waals surface area contributed by atoms with E-state index in [-0.39, 0.29) is 26.5 Å². The molecule has 2 atom stereocenters. The maximum atomic E-state index is 12.8. The Bertz CT molecular complexity index is 2800. The molecule has 3 heterocycles. The third-order valence-electron chi connectivity index (χ3n) is 13.9. The second-order valence-electron chi connectivity index (χ2n) is 18.9. The molecule has 2 unspecified atom stereocenters. The van der Waals surface area contributed by atoms with Crippen LogP contribution in [0.15, 0.2) is 170 Å². The number of aryl methyl sites for hydroxylation is 1. The predicted molar refractivity (Wildman–Crippen MR) is 261 cm³/mol. The molecule has 0 saturated heterocycles. The van der Waals surface area contributed by atoms with E-state index in [1.807, 2.05) is 79.0 Å². The van der Waals surface area contributed by atoms with Gasteiger partial charge in [-0.2, -0.15) is 30.3 Å². The molecular weight excluding hydrogens is 971 g/mol. The summed E-state index contributed by atoms with van der Waals surface area (Å²) in [6.07, 6.45) is 9.50. The number of pyridine rings is 3. The molecule has 1 saturated carbocycles. The number of hydrogen-bond donors (Lipinski definition) is 1. The normalized spacial score (nSPS) is 15.6. The number of rotatable bonds is 12. The molecule has 1 N–H and O–H groups in total. The van der Waals surface area contributed by atoms with Gasteiger partial charge in [0.25, 0.3) is 0 Å². The van der Waals surface area contributed by atoms with Crippen LogP contribution in [0.1, 0.15) is 103 Å². The molecule has 1 aliphatic carbocycles. The molecule has 0 aliphatic heterocycles. The minimum Gasteiger partial charge on any atom is -0.378 e. The van der Waals surface area contributed by atoms with Gasteiger partial charge in [-0.3, -0.25) is 9.97 Å². The molecule has 4 nitrogen and oxygen atoms in total. The van der Waals surface area contributed by atoms with Gasteiger partial charge in [-0.25, -0.2) is 0 Å². The van der Waals surface area contributed by atoms with Crippen LogP contribution in [-0.2, 0) is 44.0 Å². The summed E-state index contributed by atoms with van der Waals surface area (Å²) in [6, 6.07) is 61.5. The van der Waals surface area contributed by atoms with Crippen molar-refractivity contribution in [2.24, 2.45) is 5.41 Å². The molecule has 5 aromatic carbocycles. The Morgan fingerprint density at radius 3 is 2.02 bits per heavy atom. The number of nitrogens with zero attached hydrogens (tertiary/aromatic N) is 3. The molecule has 3 aromatic heterocycles. The molecule has 0 spiro atoms. The minimum atomic E-state index is -1.41. The third-order valence-corrected chi connectivity index (χ3v) is 13.9. The van der Waals surface area contributed by atoms with Crippen molar-refractivity contribution in [3.8, 4) is 33.5 Å². The number of hydrogen-bond acceptors (Lipinski definition) is 4. The molecule has 8 aromatic rings. The molecule has 1 aliphatic rings. The van der Waals surface area contributed by atoms with Crippen molar-refractivity contribution in [3.63, 3.8) is 0 Å². The van der Waals surface area contributed by atoms with Gasteiger partial charge in [0.05, 0.1) is 5.69 Å². The fourth-order valence-electron chi connectivity index (χ4n) is 9.87. The van der Waals surface area contributed by atoms with Crippen molar-refractivity contribution in [1.29, 1.82) is 0 Å². The van der Waals surface area contributed by atoms with Gasteiger partial charge in [0.2, 0.25) is 0 Å².